The minimum absolute atomic E-state index is 0.0243. The number of carbonyl (C=O) groups excluding carboxylic acids is 1. The Labute approximate surface area is 110 Å². The summed E-state index contributed by atoms with van der Waals surface area (Å²) in [4.78, 5) is 22.4. The first-order valence-electron chi connectivity index (χ1n) is 5.92. The van der Waals surface area contributed by atoms with Crippen LogP contribution in [0.5, 0.6) is 0 Å². The van der Waals surface area contributed by atoms with Crippen LogP contribution in [0.3, 0.4) is 0 Å². The standard InChI is InChI=1S/C14H14O5/c1-9-7-12(19-14(9)17)18-8-11(13(15)16)10-5-3-2-4-6-10/h2-6,8-9,12H,7H2,1H3,(H,15,16)/b11-8+. The molecule has 1 fully saturated rings. The molecule has 0 aromatic heterocycles. The van der Waals surface area contributed by atoms with E-state index in [1.54, 1.807) is 37.3 Å². The highest BCUT2D eigenvalue weighted by molar-refractivity contribution is 6.15. The van der Waals surface area contributed by atoms with Gasteiger partial charge in [0.1, 0.15) is 11.8 Å². The maximum absolute atomic E-state index is 11.2. The maximum Gasteiger partial charge on any atom is 0.339 e. The molecule has 2 unspecified atom stereocenters. The minimum atomic E-state index is -1.09. The first-order valence-corrected chi connectivity index (χ1v) is 5.92. The molecule has 0 amide bonds. The van der Waals surface area contributed by atoms with Crippen molar-refractivity contribution in [3.63, 3.8) is 0 Å². The van der Waals surface area contributed by atoms with E-state index in [0.717, 1.165) is 6.26 Å². The summed E-state index contributed by atoms with van der Waals surface area (Å²) in [7, 11) is 0. The van der Waals surface area contributed by atoms with Crippen molar-refractivity contribution in [2.24, 2.45) is 5.92 Å². The van der Waals surface area contributed by atoms with Crippen molar-refractivity contribution < 1.29 is 24.2 Å². The monoisotopic (exact) mass is 262 g/mol. The molecule has 19 heavy (non-hydrogen) atoms. The average Bonchev–Trinajstić information content (AvgIpc) is 2.70. The number of carboxylic acid groups (broad SMARTS) is 1. The molecule has 0 radical (unpaired) electrons. The lowest BCUT2D eigenvalue weighted by Gasteiger charge is -2.09. The fraction of sp³-hybridized carbons (Fsp3) is 0.286. The van der Waals surface area contributed by atoms with Crippen molar-refractivity contribution in [1.82, 2.24) is 0 Å². The molecule has 0 aliphatic carbocycles. The quantitative estimate of drug-likeness (QED) is 0.510. The van der Waals surface area contributed by atoms with E-state index in [1.807, 2.05) is 0 Å². The van der Waals surface area contributed by atoms with E-state index in [4.69, 9.17) is 14.6 Å². The molecule has 1 aliphatic rings. The molecular weight excluding hydrogens is 248 g/mol. The van der Waals surface area contributed by atoms with Crippen molar-refractivity contribution in [1.29, 1.82) is 0 Å². The molecule has 5 nitrogen and oxygen atoms in total. The normalized spacial score (nSPS) is 23.0. The summed E-state index contributed by atoms with van der Waals surface area (Å²) in [5.41, 5.74) is 0.559. The second-order valence-corrected chi connectivity index (χ2v) is 4.34. The molecule has 100 valence electrons. The molecule has 1 saturated heterocycles. The van der Waals surface area contributed by atoms with Crippen LogP contribution in [-0.4, -0.2) is 23.3 Å². The molecule has 0 bridgehead atoms. The Balaban J connectivity index is 2.11. The lowest BCUT2D eigenvalue weighted by atomic mass is 10.1. The predicted octanol–water partition coefficient (Wildman–Crippen LogP) is 2.04. The number of benzene rings is 1. The molecule has 0 saturated carbocycles. The molecule has 1 aromatic rings. The first kappa shape index (κ1) is 13.1. The highest BCUT2D eigenvalue weighted by atomic mass is 16.7. The van der Waals surface area contributed by atoms with Gasteiger partial charge in [0.05, 0.1) is 5.92 Å². The molecule has 1 N–H and O–H groups in total. The third-order valence-electron chi connectivity index (χ3n) is 2.85. The number of hydrogen-bond donors (Lipinski definition) is 1. The van der Waals surface area contributed by atoms with Crippen LogP contribution in [0.2, 0.25) is 0 Å². The second kappa shape index (κ2) is 5.56. The van der Waals surface area contributed by atoms with Crippen molar-refractivity contribution in [2.75, 3.05) is 0 Å². The first-order chi connectivity index (χ1) is 9.08. The molecule has 1 aromatic carbocycles. The summed E-state index contributed by atoms with van der Waals surface area (Å²) in [6.45, 7) is 1.74. The number of aliphatic carboxylic acids is 1. The molecule has 0 spiro atoms. The van der Waals surface area contributed by atoms with Gasteiger partial charge in [-0.05, 0) is 5.56 Å². The average molecular weight is 262 g/mol. The third kappa shape index (κ3) is 3.13. The van der Waals surface area contributed by atoms with E-state index < -0.39 is 12.3 Å². The molecule has 1 heterocycles. The highest BCUT2D eigenvalue weighted by Gasteiger charge is 2.31. The zero-order chi connectivity index (χ0) is 13.8. The highest BCUT2D eigenvalue weighted by Crippen LogP contribution is 2.23. The van der Waals surface area contributed by atoms with E-state index >= 15 is 0 Å². The topological polar surface area (TPSA) is 72.8 Å². The number of ether oxygens (including phenoxy) is 2. The number of hydrogen-bond acceptors (Lipinski definition) is 4. The van der Waals surface area contributed by atoms with Crippen LogP contribution < -0.4 is 0 Å². The van der Waals surface area contributed by atoms with Crippen molar-refractivity contribution in [3.8, 4) is 0 Å². The fourth-order valence-electron chi connectivity index (χ4n) is 1.77. The van der Waals surface area contributed by atoms with Crippen LogP contribution in [0.15, 0.2) is 36.6 Å². The number of carbonyl (C=O) groups is 2. The summed E-state index contributed by atoms with van der Waals surface area (Å²) in [5.74, 6) is -1.64. The van der Waals surface area contributed by atoms with Crippen LogP contribution in [0.1, 0.15) is 18.9 Å². The van der Waals surface area contributed by atoms with Gasteiger partial charge in [0, 0.05) is 6.42 Å². The van der Waals surface area contributed by atoms with Gasteiger partial charge in [0.15, 0.2) is 0 Å². The Morgan fingerprint density at radius 1 is 1.42 bits per heavy atom. The number of esters is 1. The summed E-state index contributed by atoms with van der Waals surface area (Å²) in [6, 6.07) is 8.62. The van der Waals surface area contributed by atoms with Crippen LogP contribution in [0.25, 0.3) is 5.57 Å². The molecule has 1 aliphatic heterocycles. The van der Waals surface area contributed by atoms with Crippen molar-refractivity contribution >= 4 is 17.5 Å². The van der Waals surface area contributed by atoms with Gasteiger partial charge in [-0.3, -0.25) is 4.79 Å². The van der Waals surface area contributed by atoms with Gasteiger partial charge in [-0.1, -0.05) is 37.3 Å². The van der Waals surface area contributed by atoms with E-state index in [2.05, 4.69) is 0 Å². The van der Waals surface area contributed by atoms with Crippen molar-refractivity contribution in [3.05, 3.63) is 42.2 Å². The largest absolute Gasteiger partial charge is 0.478 e. The fourth-order valence-corrected chi connectivity index (χ4v) is 1.77. The Morgan fingerprint density at radius 2 is 2.11 bits per heavy atom. The van der Waals surface area contributed by atoms with Gasteiger partial charge in [-0.2, -0.15) is 0 Å². The predicted molar refractivity (Wildman–Crippen MR) is 66.8 cm³/mol. The Bertz CT molecular complexity index is 506. The second-order valence-electron chi connectivity index (χ2n) is 4.34. The van der Waals surface area contributed by atoms with Gasteiger partial charge in [-0.15, -0.1) is 0 Å². The zero-order valence-electron chi connectivity index (χ0n) is 10.4. The third-order valence-corrected chi connectivity index (χ3v) is 2.85. The van der Waals surface area contributed by atoms with E-state index in [1.165, 1.54) is 0 Å². The van der Waals surface area contributed by atoms with E-state index in [0.29, 0.717) is 12.0 Å². The maximum atomic E-state index is 11.2. The van der Waals surface area contributed by atoms with Gasteiger partial charge < -0.3 is 14.6 Å². The Hall–Kier alpha value is -2.30. The van der Waals surface area contributed by atoms with Gasteiger partial charge in [0.25, 0.3) is 0 Å². The van der Waals surface area contributed by atoms with Crippen LogP contribution in [0.4, 0.5) is 0 Å². The minimum Gasteiger partial charge on any atom is -0.478 e. The summed E-state index contributed by atoms with van der Waals surface area (Å²) in [6.07, 6.45) is 0.852. The smallest absolute Gasteiger partial charge is 0.339 e. The lowest BCUT2D eigenvalue weighted by Crippen LogP contribution is -2.10. The number of cyclic esters (lactones) is 1. The Morgan fingerprint density at radius 3 is 2.63 bits per heavy atom. The molecule has 2 rings (SSSR count). The summed E-state index contributed by atoms with van der Waals surface area (Å²) >= 11 is 0. The van der Waals surface area contributed by atoms with E-state index in [-0.39, 0.29) is 17.5 Å². The number of rotatable bonds is 4. The van der Waals surface area contributed by atoms with Gasteiger partial charge >= 0.3 is 11.9 Å². The van der Waals surface area contributed by atoms with Crippen molar-refractivity contribution in [2.45, 2.75) is 19.6 Å². The lowest BCUT2D eigenvalue weighted by molar-refractivity contribution is -0.156. The SMILES string of the molecule is CC1CC(O/C=C(/C(=O)O)c2ccccc2)OC1=O. The zero-order valence-corrected chi connectivity index (χ0v) is 10.4. The van der Waals surface area contributed by atoms with E-state index in [9.17, 15) is 9.59 Å². The van der Waals surface area contributed by atoms with Gasteiger partial charge in [0.2, 0.25) is 6.29 Å². The van der Waals surface area contributed by atoms with Crippen LogP contribution >= 0.6 is 0 Å². The summed E-state index contributed by atoms with van der Waals surface area (Å²) in [5, 5.41) is 9.15. The molecule has 2 atom stereocenters. The van der Waals surface area contributed by atoms with Crippen LogP contribution in [0, 0.1) is 5.92 Å². The van der Waals surface area contributed by atoms with Crippen LogP contribution in [-0.2, 0) is 19.1 Å². The molecular formula is C14H14O5. The Kier molecular flexibility index (Phi) is 3.85. The van der Waals surface area contributed by atoms with Gasteiger partial charge in [-0.25, -0.2) is 4.79 Å². The molecule has 5 heteroatoms. The number of carboxylic acids is 1. The summed E-state index contributed by atoms with van der Waals surface area (Å²) < 4.78 is 10.2.